The summed E-state index contributed by atoms with van der Waals surface area (Å²) in [5.74, 6) is -0.0403. The Labute approximate surface area is 150 Å². The van der Waals surface area contributed by atoms with E-state index in [0.29, 0.717) is 13.2 Å². The second kappa shape index (κ2) is 9.00. The van der Waals surface area contributed by atoms with E-state index in [-0.39, 0.29) is 11.2 Å². The summed E-state index contributed by atoms with van der Waals surface area (Å²) >= 11 is 2.84. The maximum Gasteiger partial charge on any atom is 0.237 e. The number of rotatable bonds is 8. The maximum atomic E-state index is 12.4. The van der Waals surface area contributed by atoms with Gasteiger partial charge in [-0.05, 0) is 31.9 Å². The first kappa shape index (κ1) is 18.7. The van der Waals surface area contributed by atoms with Crippen LogP contribution >= 0.6 is 23.1 Å². The van der Waals surface area contributed by atoms with Crippen LogP contribution in [-0.4, -0.2) is 41.6 Å². The van der Waals surface area contributed by atoms with Gasteiger partial charge in [0.2, 0.25) is 11.0 Å². The number of aryl methyl sites for hydroxylation is 2. The van der Waals surface area contributed by atoms with Crippen molar-refractivity contribution < 1.29 is 9.53 Å². The zero-order valence-electron chi connectivity index (χ0n) is 14.3. The molecule has 1 aromatic carbocycles. The average Bonchev–Trinajstić information content (AvgIpc) is 2.98. The molecule has 0 saturated carbocycles. The lowest BCUT2D eigenvalue weighted by atomic mass is 10.1. The van der Waals surface area contributed by atoms with E-state index in [2.05, 4.69) is 20.8 Å². The van der Waals surface area contributed by atoms with Crippen LogP contribution in [0.1, 0.15) is 18.1 Å². The van der Waals surface area contributed by atoms with Crippen LogP contribution in [0.3, 0.4) is 0 Å². The van der Waals surface area contributed by atoms with Crippen molar-refractivity contribution in [1.82, 2.24) is 10.2 Å². The number of benzene rings is 1. The van der Waals surface area contributed by atoms with E-state index in [1.54, 1.807) is 7.11 Å². The zero-order valence-corrected chi connectivity index (χ0v) is 15.9. The van der Waals surface area contributed by atoms with Gasteiger partial charge in [0.1, 0.15) is 0 Å². The molecule has 6 nitrogen and oxygen atoms in total. The molecule has 0 aliphatic heterocycles. The number of amides is 1. The molecular formula is C16H22N4O2S2. The summed E-state index contributed by atoms with van der Waals surface area (Å²) in [6.45, 7) is 7.13. The SMILES string of the molecule is COCCNc1nnc(S[C@@H](C)C(=O)Nc2c(C)cccc2C)s1. The van der Waals surface area contributed by atoms with Crippen LogP contribution in [0.2, 0.25) is 0 Å². The Bertz CT molecular complexity index is 670. The Morgan fingerprint density at radius 2 is 2.04 bits per heavy atom. The fourth-order valence-electron chi connectivity index (χ4n) is 2.03. The molecule has 0 unspecified atom stereocenters. The summed E-state index contributed by atoms with van der Waals surface area (Å²) in [6.07, 6.45) is 0. The van der Waals surface area contributed by atoms with Crippen molar-refractivity contribution in [2.45, 2.75) is 30.4 Å². The van der Waals surface area contributed by atoms with Crippen molar-refractivity contribution in [2.24, 2.45) is 0 Å². The zero-order chi connectivity index (χ0) is 17.5. The van der Waals surface area contributed by atoms with E-state index in [0.717, 1.165) is 26.3 Å². The molecular weight excluding hydrogens is 344 g/mol. The maximum absolute atomic E-state index is 12.4. The predicted octanol–water partition coefficient (Wildman–Crippen LogP) is 3.33. The number of hydrogen-bond donors (Lipinski definition) is 2. The number of methoxy groups -OCH3 is 1. The first-order chi connectivity index (χ1) is 11.5. The molecule has 0 aliphatic rings. The lowest BCUT2D eigenvalue weighted by molar-refractivity contribution is -0.115. The first-order valence-electron chi connectivity index (χ1n) is 7.61. The lowest BCUT2D eigenvalue weighted by Crippen LogP contribution is -2.23. The highest BCUT2D eigenvalue weighted by atomic mass is 32.2. The molecule has 8 heteroatoms. The summed E-state index contributed by atoms with van der Waals surface area (Å²) in [5.41, 5.74) is 3.00. The van der Waals surface area contributed by atoms with E-state index in [4.69, 9.17) is 4.74 Å². The minimum absolute atomic E-state index is 0.0403. The standard InChI is InChI=1S/C16H22N4O2S2/c1-10-6-5-7-11(2)13(10)18-14(21)12(3)23-16-20-19-15(24-16)17-8-9-22-4/h5-7,12H,8-9H2,1-4H3,(H,17,19)(H,18,21)/t12-/m0/s1. The number of carbonyl (C=O) groups excluding carboxylic acids is 1. The van der Waals surface area contributed by atoms with Gasteiger partial charge in [-0.3, -0.25) is 4.79 Å². The second-order valence-corrected chi connectivity index (χ2v) is 7.87. The molecule has 2 N–H and O–H groups in total. The number of hydrogen-bond acceptors (Lipinski definition) is 7. The summed E-state index contributed by atoms with van der Waals surface area (Å²) in [7, 11) is 1.65. The summed E-state index contributed by atoms with van der Waals surface area (Å²) in [4.78, 5) is 12.4. The first-order valence-corrected chi connectivity index (χ1v) is 9.31. The fourth-order valence-corrected chi connectivity index (χ4v) is 3.95. The molecule has 1 atom stereocenters. The molecule has 130 valence electrons. The topological polar surface area (TPSA) is 76.1 Å². The van der Waals surface area contributed by atoms with Crippen molar-refractivity contribution in [3.05, 3.63) is 29.3 Å². The van der Waals surface area contributed by atoms with Crippen LogP contribution in [0.25, 0.3) is 0 Å². The van der Waals surface area contributed by atoms with Crippen LogP contribution in [0.4, 0.5) is 10.8 Å². The number of anilines is 2. The van der Waals surface area contributed by atoms with Gasteiger partial charge in [0.15, 0.2) is 4.34 Å². The molecule has 1 aromatic heterocycles. The molecule has 0 spiro atoms. The van der Waals surface area contributed by atoms with Gasteiger partial charge in [-0.1, -0.05) is 41.3 Å². The molecule has 2 rings (SSSR count). The highest BCUT2D eigenvalue weighted by Crippen LogP contribution is 2.30. The minimum atomic E-state index is -0.260. The third-order valence-electron chi connectivity index (χ3n) is 3.37. The van der Waals surface area contributed by atoms with Crippen molar-refractivity contribution in [3.8, 4) is 0 Å². The Morgan fingerprint density at radius 1 is 1.33 bits per heavy atom. The molecule has 24 heavy (non-hydrogen) atoms. The molecule has 1 amide bonds. The molecule has 0 bridgehead atoms. The van der Waals surface area contributed by atoms with Gasteiger partial charge in [-0.15, -0.1) is 10.2 Å². The van der Waals surface area contributed by atoms with Crippen molar-refractivity contribution in [2.75, 3.05) is 30.9 Å². The highest BCUT2D eigenvalue weighted by molar-refractivity contribution is 8.02. The Balaban J connectivity index is 1.92. The number of carbonyl (C=O) groups is 1. The van der Waals surface area contributed by atoms with Gasteiger partial charge < -0.3 is 15.4 Å². The molecule has 0 fully saturated rings. The van der Waals surface area contributed by atoms with Gasteiger partial charge in [0, 0.05) is 19.3 Å². The average molecular weight is 367 g/mol. The third-order valence-corrected chi connectivity index (χ3v) is 5.43. The third kappa shape index (κ3) is 5.19. The number of nitrogens with zero attached hydrogens (tertiary/aromatic N) is 2. The van der Waals surface area contributed by atoms with Gasteiger partial charge in [-0.25, -0.2) is 0 Å². The van der Waals surface area contributed by atoms with Crippen LogP contribution in [-0.2, 0) is 9.53 Å². The fraction of sp³-hybridized carbons (Fsp3) is 0.438. The van der Waals surface area contributed by atoms with Crippen molar-refractivity contribution in [3.63, 3.8) is 0 Å². The Kier molecular flexibility index (Phi) is 7.01. The number of ether oxygens (including phenoxy) is 1. The minimum Gasteiger partial charge on any atom is -0.383 e. The lowest BCUT2D eigenvalue weighted by Gasteiger charge is -2.14. The van der Waals surface area contributed by atoms with E-state index in [9.17, 15) is 4.79 Å². The Morgan fingerprint density at radius 3 is 2.71 bits per heavy atom. The Hall–Kier alpha value is -1.64. The van der Waals surface area contributed by atoms with Gasteiger partial charge >= 0.3 is 0 Å². The van der Waals surface area contributed by atoms with Gasteiger partial charge in [0.05, 0.1) is 11.9 Å². The molecule has 0 aliphatic carbocycles. The van der Waals surface area contributed by atoms with Crippen molar-refractivity contribution in [1.29, 1.82) is 0 Å². The quantitative estimate of drug-likeness (QED) is 0.551. The predicted molar refractivity (Wildman–Crippen MR) is 100 cm³/mol. The van der Waals surface area contributed by atoms with E-state index in [1.165, 1.54) is 23.1 Å². The highest BCUT2D eigenvalue weighted by Gasteiger charge is 2.18. The van der Waals surface area contributed by atoms with Crippen LogP contribution < -0.4 is 10.6 Å². The number of nitrogens with one attached hydrogen (secondary N) is 2. The normalized spacial score (nSPS) is 12.0. The number of aromatic nitrogens is 2. The number of para-hydroxylation sites is 1. The van der Waals surface area contributed by atoms with Crippen LogP contribution in [0.15, 0.2) is 22.5 Å². The molecule has 1 heterocycles. The van der Waals surface area contributed by atoms with Gasteiger partial charge in [0.25, 0.3) is 0 Å². The van der Waals surface area contributed by atoms with E-state index < -0.39 is 0 Å². The van der Waals surface area contributed by atoms with E-state index >= 15 is 0 Å². The molecule has 0 saturated heterocycles. The molecule has 0 radical (unpaired) electrons. The summed E-state index contributed by atoms with van der Waals surface area (Å²) in [6, 6.07) is 5.96. The van der Waals surface area contributed by atoms with Gasteiger partial charge in [-0.2, -0.15) is 0 Å². The largest absolute Gasteiger partial charge is 0.383 e. The monoisotopic (exact) mass is 366 g/mol. The summed E-state index contributed by atoms with van der Waals surface area (Å²) < 4.78 is 5.74. The van der Waals surface area contributed by atoms with Crippen molar-refractivity contribution >= 4 is 39.8 Å². The number of thioether (sulfide) groups is 1. The van der Waals surface area contributed by atoms with Crippen LogP contribution in [0.5, 0.6) is 0 Å². The molecule has 2 aromatic rings. The smallest absolute Gasteiger partial charge is 0.237 e. The summed E-state index contributed by atoms with van der Waals surface area (Å²) in [5, 5.41) is 14.8. The van der Waals surface area contributed by atoms with E-state index in [1.807, 2.05) is 39.0 Å². The van der Waals surface area contributed by atoms with Crippen LogP contribution in [0, 0.1) is 13.8 Å². The second-order valence-electron chi connectivity index (χ2n) is 5.31.